The summed E-state index contributed by atoms with van der Waals surface area (Å²) in [4.78, 5) is 21.2. The molecule has 0 aromatic heterocycles. The number of terminal acetylenes is 1. The van der Waals surface area contributed by atoms with Crippen LogP contribution in [0.1, 0.15) is 0 Å². The van der Waals surface area contributed by atoms with E-state index in [2.05, 4.69) is 16.1 Å². The van der Waals surface area contributed by atoms with Crippen LogP contribution in [0.15, 0.2) is 12.7 Å². The van der Waals surface area contributed by atoms with Crippen molar-refractivity contribution in [3.8, 4) is 12.3 Å². The maximum atomic E-state index is 10.6. The lowest BCUT2D eigenvalue weighted by atomic mass is 10.6. The fraction of sp³-hybridized carbons (Fsp3) is 0.250. The number of rotatable bonds is 3. The van der Waals surface area contributed by atoms with Gasteiger partial charge in [-0.05, 0) is 0 Å². The van der Waals surface area contributed by atoms with Crippen molar-refractivity contribution in [1.82, 2.24) is 0 Å². The summed E-state index contributed by atoms with van der Waals surface area (Å²) < 4.78 is 8.62. The number of hydrogen-bond donors (Lipinski definition) is 0. The average Bonchev–Trinajstić information content (AvgIpc) is 2.10. The molecule has 0 fully saturated rings. The van der Waals surface area contributed by atoms with E-state index in [4.69, 9.17) is 6.42 Å². The minimum atomic E-state index is -1.09. The summed E-state index contributed by atoms with van der Waals surface area (Å²) in [5.41, 5.74) is 0. The molecule has 0 heterocycles. The highest BCUT2D eigenvalue weighted by atomic mass is 16.6. The lowest BCUT2D eigenvalue weighted by Crippen LogP contribution is -2.20. The molecule has 12 heavy (non-hydrogen) atoms. The predicted molar refractivity (Wildman–Crippen MR) is 40.9 cm³/mol. The normalized spacial score (nSPS) is 7.92. The summed E-state index contributed by atoms with van der Waals surface area (Å²) in [6.45, 7) is 3.03. The van der Waals surface area contributed by atoms with Crippen LogP contribution in [0.5, 0.6) is 0 Å². The molecule has 4 nitrogen and oxygen atoms in total. The van der Waals surface area contributed by atoms with Crippen molar-refractivity contribution in [3.05, 3.63) is 12.7 Å². The van der Waals surface area contributed by atoms with E-state index in [0.29, 0.717) is 0 Å². The molecule has 0 spiro atoms. The molecule has 0 N–H and O–H groups in total. The number of hydrogen-bond acceptors (Lipinski definition) is 4. The molecule has 0 atom stereocenters. The molecule has 64 valence electrons. The molecule has 0 aliphatic rings. The molecule has 0 saturated heterocycles. The van der Waals surface area contributed by atoms with Crippen LogP contribution in [0.3, 0.4) is 0 Å². The monoisotopic (exact) mass is 168 g/mol. The molecule has 0 aliphatic heterocycles. The minimum absolute atomic E-state index is 0.0238. The Hall–Kier alpha value is -1.76. The Labute approximate surface area is 70.2 Å². The third-order valence-electron chi connectivity index (χ3n) is 0.786. The van der Waals surface area contributed by atoms with E-state index in [-0.39, 0.29) is 13.2 Å². The highest BCUT2D eigenvalue weighted by Gasteiger charge is 2.15. The fourth-order valence-electron chi connectivity index (χ4n) is 0.360. The summed E-state index contributed by atoms with van der Waals surface area (Å²) in [7, 11) is 0. The minimum Gasteiger partial charge on any atom is -0.453 e. The molecule has 4 heteroatoms. The van der Waals surface area contributed by atoms with E-state index in [9.17, 15) is 9.59 Å². The second kappa shape index (κ2) is 5.98. The first-order valence-corrected chi connectivity index (χ1v) is 3.10. The lowest BCUT2D eigenvalue weighted by Gasteiger charge is -1.99. The van der Waals surface area contributed by atoms with Gasteiger partial charge in [0.2, 0.25) is 0 Å². The predicted octanol–water partition coefficient (Wildman–Crippen LogP) is -0.108. The van der Waals surface area contributed by atoms with Gasteiger partial charge in [0, 0.05) is 0 Å². The Kier molecular flexibility index (Phi) is 5.11. The summed E-state index contributed by atoms with van der Waals surface area (Å²) in [5, 5.41) is 0. The van der Waals surface area contributed by atoms with Crippen molar-refractivity contribution >= 4 is 11.9 Å². The van der Waals surface area contributed by atoms with Gasteiger partial charge in [-0.15, -0.1) is 6.42 Å². The Morgan fingerprint density at radius 3 is 2.50 bits per heavy atom. The van der Waals surface area contributed by atoms with Gasteiger partial charge in [-0.3, -0.25) is 0 Å². The van der Waals surface area contributed by atoms with Crippen molar-refractivity contribution in [2.45, 2.75) is 0 Å². The highest BCUT2D eigenvalue weighted by Crippen LogP contribution is 1.84. The van der Waals surface area contributed by atoms with Crippen molar-refractivity contribution in [3.63, 3.8) is 0 Å². The van der Waals surface area contributed by atoms with Gasteiger partial charge < -0.3 is 9.47 Å². The Balaban J connectivity index is 3.71. The summed E-state index contributed by atoms with van der Waals surface area (Å²) >= 11 is 0. The second-order valence-electron chi connectivity index (χ2n) is 1.67. The Bertz CT molecular complexity index is 224. The molecular weight excluding hydrogens is 160 g/mol. The standard InChI is InChI=1S/C8H8O4/c1-3-5-11-7(9)8(10)12-6-4-2/h1,4H,2,5-6H2. The van der Waals surface area contributed by atoms with E-state index < -0.39 is 11.9 Å². The third kappa shape index (κ3) is 4.12. The van der Waals surface area contributed by atoms with Gasteiger partial charge >= 0.3 is 11.9 Å². The average molecular weight is 168 g/mol. The van der Waals surface area contributed by atoms with E-state index in [1.807, 2.05) is 5.92 Å². The van der Waals surface area contributed by atoms with Crippen LogP contribution >= 0.6 is 0 Å². The van der Waals surface area contributed by atoms with Gasteiger partial charge in [-0.2, -0.15) is 0 Å². The second-order valence-corrected chi connectivity index (χ2v) is 1.67. The van der Waals surface area contributed by atoms with Gasteiger partial charge in [0.1, 0.15) is 6.61 Å². The van der Waals surface area contributed by atoms with E-state index >= 15 is 0 Å². The lowest BCUT2D eigenvalue weighted by molar-refractivity contribution is -0.166. The van der Waals surface area contributed by atoms with E-state index in [1.54, 1.807) is 0 Å². The smallest absolute Gasteiger partial charge is 0.418 e. The zero-order valence-electron chi connectivity index (χ0n) is 6.41. The molecule has 0 radical (unpaired) electrons. The fourth-order valence-corrected chi connectivity index (χ4v) is 0.360. The van der Waals surface area contributed by atoms with Gasteiger partial charge in [0.15, 0.2) is 6.61 Å². The summed E-state index contributed by atoms with van der Waals surface area (Å²) in [5.74, 6) is -0.114. The molecule has 0 bridgehead atoms. The molecule has 0 aromatic rings. The van der Waals surface area contributed by atoms with Crippen LogP contribution in [0.4, 0.5) is 0 Å². The van der Waals surface area contributed by atoms with Crippen LogP contribution in [-0.2, 0) is 19.1 Å². The van der Waals surface area contributed by atoms with E-state index in [0.717, 1.165) is 0 Å². The van der Waals surface area contributed by atoms with Gasteiger partial charge in [0.05, 0.1) is 0 Å². The third-order valence-corrected chi connectivity index (χ3v) is 0.786. The number of carbonyl (C=O) groups excluding carboxylic acids is 2. The molecule has 0 unspecified atom stereocenters. The maximum Gasteiger partial charge on any atom is 0.418 e. The largest absolute Gasteiger partial charge is 0.453 e. The number of ether oxygens (including phenoxy) is 2. The zero-order chi connectivity index (χ0) is 9.40. The van der Waals surface area contributed by atoms with Crippen LogP contribution < -0.4 is 0 Å². The van der Waals surface area contributed by atoms with Crippen LogP contribution in [0.2, 0.25) is 0 Å². The van der Waals surface area contributed by atoms with Crippen LogP contribution in [0, 0.1) is 12.3 Å². The molecule has 0 aromatic carbocycles. The number of carbonyl (C=O) groups is 2. The molecule has 0 aliphatic carbocycles. The summed E-state index contributed by atoms with van der Waals surface area (Å²) in [6.07, 6.45) is 6.12. The first-order chi connectivity index (χ1) is 5.72. The van der Waals surface area contributed by atoms with Crippen molar-refractivity contribution in [2.24, 2.45) is 0 Å². The SMILES string of the molecule is C#CCOC(=O)C(=O)OCC=C. The molecule has 0 saturated carbocycles. The molecular formula is C8H8O4. The maximum absolute atomic E-state index is 10.6. The van der Waals surface area contributed by atoms with Gasteiger partial charge in [0.25, 0.3) is 0 Å². The van der Waals surface area contributed by atoms with Crippen molar-refractivity contribution in [2.75, 3.05) is 13.2 Å². The topological polar surface area (TPSA) is 52.6 Å². The quantitative estimate of drug-likeness (QED) is 0.255. The zero-order valence-corrected chi connectivity index (χ0v) is 6.41. The van der Waals surface area contributed by atoms with Gasteiger partial charge in [-0.1, -0.05) is 18.6 Å². The van der Waals surface area contributed by atoms with E-state index in [1.165, 1.54) is 6.08 Å². The highest BCUT2D eigenvalue weighted by molar-refractivity contribution is 6.29. The van der Waals surface area contributed by atoms with Crippen LogP contribution in [0.25, 0.3) is 0 Å². The van der Waals surface area contributed by atoms with Gasteiger partial charge in [-0.25, -0.2) is 9.59 Å². The summed E-state index contributed by atoms with van der Waals surface area (Å²) in [6, 6.07) is 0. The molecule has 0 rings (SSSR count). The Morgan fingerprint density at radius 1 is 1.42 bits per heavy atom. The molecule has 0 amide bonds. The Morgan fingerprint density at radius 2 is 2.00 bits per heavy atom. The van der Waals surface area contributed by atoms with Crippen LogP contribution in [-0.4, -0.2) is 25.2 Å². The first kappa shape index (κ1) is 10.2. The first-order valence-electron chi connectivity index (χ1n) is 3.10. The van der Waals surface area contributed by atoms with Crippen molar-refractivity contribution < 1.29 is 19.1 Å². The number of esters is 2. The van der Waals surface area contributed by atoms with Crippen molar-refractivity contribution in [1.29, 1.82) is 0 Å².